The van der Waals surface area contributed by atoms with Crippen LogP contribution < -0.4 is 10.6 Å². The summed E-state index contributed by atoms with van der Waals surface area (Å²) in [6, 6.07) is 3.23. The van der Waals surface area contributed by atoms with Crippen LogP contribution in [0.5, 0.6) is 0 Å². The maximum Gasteiger partial charge on any atom is 0.328 e. The Morgan fingerprint density at radius 1 is 1.29 bits per heavy atom. The Hall–Kier alpha value is -2.70. The van der Waals surface area contributed by atoms with Gasteiger partial charge < -0.3 is 10.4 Å². The van der Waals surface area contributed by atoms with Gasteiger partial charge in [-0.1, -0.05) is 12.1 Å². The van der Waals surface area contributed by atoms with Gasteiger partial charge in [0.2, 0.25) is 0 Å². The fourth-order valence-corrected chi connectivity index (χ4v) is 1.50. The molecule has 0 aliphatic carbocycles. The van der Waals surface area contributed by atoms with E-state index < -0.39 is 23.9 Å². The van der Waals surface area contributed by atoms with Gasteiger partial charge in [0.15, 0.2) is 0 Å². The average molecular weight is 294 g/mol. The number of carboxylic acids is 1. The summed E-state index contributed by atoms with van der Waals surface area (Å²) >= 11 is 0. The molecule has 1 aromatic carbocycles. The van der Waals surface area contributed by atoms with Crippen molar-refractivity contribution in [2.45, 2.75) is 19.9 Å². The Kier molecular flexibility index (Phi) is 5.59. The van der Waals surface area contributed by atoms with E-state index in [9.17, 15) is 18.8 Å². The number of imide groups is 1. The number of carbonyl (C=O) groups excluding carboxylic acids is 2. The first-order chi connectivity index (χ1) is 9.79. The third-order valence-corrected chi connectivity index (χ3v) is 2.66. The number of nitrogens with one attached hydrogen (secondary N) is 2. The fraction of sp³-hybridized carbons (Fsp3) is 0.214. The summed E-state index contributed by atoms with van der Waals surface area (Å²) in [5.41, 5.74) is 1.03. The average Bonchev–Trinajstić information content (AvgIpc) is 2.39. The van der Waals surface area contributed by atoms with Crippen molar-refractivity contribution in [2.75, 3.05) is 0 Å². The van der Waals surface area contributed by atoms with E-state index in [0.29, 0.717) is 17.2 Å². The van der Waals surface area contributed by atoms with Crippen LogP contribution in [0, 0.1) is 12.7 Å². The molecule has 3 N–H and O–H groups in total. The minimum Gasteiger partial charge on any atom is -0.478 e. The first-order valence-corrected chi connectivity index (χ1v) is 6.08. The Bertz CT molecular complexity index is 599. The van der Waals surface area contributed by atoms with Gasteiger partial charge in [0.25, 0.3) is 5.91 Å². The van der Waals surface area contributed by atoms with Crippen molar-refractivity contribution >= 4 is 17.9 Å². The van der Waals surface area contributed by atoms with Crippen molar-refractivity contribution in [1.82, 2.24) is 10.6 Å². The standard InChI is InChI=1S/C14H15FN2O4/c1-8-3-4-10(7-11(8)15)9(2)16-14(21)17-12(18)5-6-13(19)20/h3-7,9H,1-2H3,(H,19,20)(H2,16,17,18,21)/b6-5+. The van der Waals surface area contributed by atoms with Gasteiger partial charge >= 0.3 is 12.0 Å². The Morgan fingerprint density at radius 3 is 2.52 bits per heavy atom. The monoisotopic (exact) mass is 294 g/mol. The normalized spacial score (nSPS) is 12.0. The summed E-state index contributed by atoms with van der Waals surface area (Å²) in [6.45, 7) is 3.25. The lowest BCUT2D eigenvalue weighted by Crippen LogP contribution is -2.39. The molecule has 112 valence electrons. The second-order valence-electron chi connectivity index (χ2n) is 4.36. The molecule has 7 heteroatoms. The molecule has 3 amide bonds. The molecule has 6 nitrogen and oxygen atoms in total. The van der Waals surface area contributed by atoms with E-state index in [4.69, 9.17) is 5.11 Å². The van der Waals surface area contributed by atoms with Gasteiger partial charge in [-0.2, -0.15) is 0 Å². The maximum absolute atomic E-state index is 13.4. The summed E-state index contributed by atoms with van der Waals surface area (Å²) in [5.74, 6) is -2.55. The van der Waals surface area contributed by atoms with Crippen molar-refractivity contribution < 1.29 is 23.9 Å². The summed E-state index contributed by atoms with van der Waals surface area (Å²) in [6.07, 6.45) is 1.33. The van der Waals surface area contributed by atoms with E-state index in [0.717, 1.165) is 6.08 Å². The van der Waals surface area contributed by atoms with Gasteiger partial charge in [-0.25, -0.2) is 14.0 Å². The minimum atomic E-state index is -1.30. The number of halogens is 1. The molecule has 0 aliphatic rings. The lowest BCUT2D eigenvalue weighted by Gasteiger charge is -2.14. The number of hydrogen-bond donors (Lipinski definition) is 3. The predicted octanol–water partition coefficient (Wildman–Crippen LogP) is 1.66. The second-order valence-corrected chi connectivity index (χ2v) is 4.36. The van der Waals surface area contributed by atoms with Gasteiger partial charge in [0, 0.05) is 12.2 Å². The molecule has 1 atom stereocenters. The molecule has 0 fully saturated rings. The van der Waals surface area contributed by atoms with Gasteiger partial charge in [0.1, 0.15) is 5.82 Å². The van der Waals surface area contributed by atoms with Crippen molar-refractivity contribution in [1.29, 1.82) is 0 Å². The van der Waals surface area contributed by atoms with Crippen LogP contribution in [-0.4, -0.2) is 23.0 Å². The molecule has 21 heavy (non-hydrogen) atoms. The van der Waals surface area contributed by atoms with Crippen LogP contribution in [0.3, 0.4) is 0 Å². The van der Waals surface area contributed by atoms with E-state index in [1.165, 1.54) is 6.07 Å². The quantitative estimate of drug-likeness (QED) is 0.736. The summed E-state index contributed by atoms with van der Waals surface area (Å²) in [7, 11) is 0. The van der Waals surface area contributed by atoms with Crippen molar-refractivity contribution in [2.24, 2.45) is 0 Å². The molecule has 0 saturated heterocycles. The van der Waals surface area contributed by atoms with Crippen molar-refractivity contribution in [3.63, 3.8) is 0 Å². The fourth-order valence-electron chi connectivity index (χ4n) is 1.50. The molecular formula is C14H15FN2O4. The number of benzene rings is 1. The first kappa shape index (κ1) is 16.4. The third-order valence-electron chi connectivity index (χ3n) is 2.66. The lowest BCUT2D eigenvalue weighted by atomic mass is 10.1. The lowest BCUT2D eigenvalue weighted by molar-refractivity contribution is -0.131. The van der Waals surface area contributed by atoms with Crippen LogP contribution in [0.15, 0.2) is 30.4 Å². The zero-order valence-corrected chi connectivity index (χ0v) is 11.5. The molecule has 0 bridgehead atoms. The minimum absolute atomic E-state index is 0.387. The second kappa shape index (κ2) is 7.18. The number of hydrogen-bond acceptors (Lipinski definition) is 3. The Balaban J connectivity index is 2.59. The molecule has 0 aliphatic heterocycles. The van der Waals surface area contributed by atoms with E-state index in [2.05, 4.69) is 5.32 Å². The maximum atomic E-state index is 13.4. The van der Waals surface area contributed by atoms with Crippen LogP contribution in [0.25, 0.3) is 0 Å². The van der Waals surface area contributed by atoms with Crippen LogP contribution in [0.1, 0.15) is 24.1 Å². The third kappa shape index (κ3) is 5.43. The molecule has 1 unspecified atom stereocenters. The Labute approximate surface area is 120 Å². The number of carboxylic acid groups (broad SMARTS) is 1. The highest BCUT2D eigenvalue weighted by atomic mass is 19.1. The zero-order valence-electron chi connectivity index (χ0n) is 11.5. The number of urea groups is 1. The van der Waals surface area contributed by atoms with E-state index >= 15 is 0 Å². The van der Waals surface area contributed by atoms with Gasteiger partial charge in [-0.3, -0.25) is 10.1 Å². The van der Waals surface area contributed by atoms with Gasteiger partial charge in [0.05, 0.1) is 6.04 Å². The number of amides is 3. The predicted molar refractivity (Wildman–Crippen MR) is 73.0 cm³/mol. The van der Waals surface area contributed by atoms with Crippen LogP contribution >= 0.6 is 0 Å². The molecule has 0 aromatic heterocycles. The highest BCUT2D eigenvalue weighted by Gasteiger charge is 2.12. The summed E-state index contributed by atoms with van der Waals surface area (Å²) in [5, 5.41) is 12.7. The molecule has 1 rings (SSSR count). The van der Waals surface area contributed by atoms with Crippen LogP contribution in [-0.2, 0) is 9.59 Å². The van der Waals surface area contributed by atoms with Crippen molar-refractivity contribution in [3.05, 3.63) is 47.3 Å². The number of aliphatic carboxylic acids is 1. The van der Waals surface area contributed by atoms with Gasteiger partial charge in [-0.15, -0.1) is 0 Å². The SMILES string of the molecule is Cc1ccc(C(C)NC(=O)NC(=O)/C=C/C(=O)O)cc1F. The van der Waals surface area contributed by atoms with E-state index in [1.54, 1.807) is 26.0 Å². The number of carbonyl (C=O) groups is 3. The number of rotatable bonds is 4. The zero-order chi connectivity index (χ0) is 16.0. The summed E-state index contributed by atoms with van der Waals surface area (Å²) < 4.78 is 13.4. The first-order valence-electron chi connectivity index (χ1n) is 6.08. The Morgan fingerprint density at radius 2 is 1.95 bits per heavy atom. The van der Waals surface area contributed by atoms with E-state index in [-0.39, 0.29) is 5.82 Å². The molecular weight excluding hydrogens is 279 g/mol. The highest BCUT2D eigenvalue weighted by Crippen LogP contribution is 2.15. The largest absolute Gasteiger partial charge is 0.478 e. The van der Waals surface area contributed by atoms with Gasteiger partial charge in [-0.05, 0) is 31.0 Å². The molecule has 0 heterocycles. The van der Waals surface area contributed by atoms with Crippen molar-refractivity contribution in [3.8, 4) is 0 Å². The molecule has 1 aromatic rings. The summed E-state index contributed by atoms with van der Waals surface area (Å²) in [4.78, 5) is 32.9. The van der Waals surface area contributed by atoms with Crippen LogP contribution in [0.4, 0.5) is 9.18 Å². The van der Waals surface area contributed by atoms with Crippen LogP contribution in [0.2, 0.25) is 0 Å². The molecule has 0 saturated carbocycles. The topological polar surface area (TPSA) is 95.5 Å². The smallest absolute Gasteiger partial charge is 0.328 e. The number of aryl methyl sites for hydroxylation is 1. The molecule has 0 radical (unpaired) electrons. The molecule has 0 spiro atoms. The highest BCUT2D eigenvalue weighted by molar-refractivity contribution is 6.02. The van der Waals surface area contributed by atoms with E-state index in [1.807, 2.05) is 5.32 Å².